The normalized spacial score (nSPS) is 42.2. The van der Waals surface area contributed by atoms with Gasteiger partial charge >= 0.3 is 0 Å². The molecule has 0 spiro atoms. The van der Waals surface area contributed by atoms with Gasteiger partial charge in [0.1, 0.15) is 0 Å². The Morgan fingerprint density at radius 1 is 1.55 bits per heavy atom. The summed E-state index contributed by atoms with van der Waals surface area (Å²) < 4.78 is 0. The molecular weight excluding hydrogens is 138 g/mol. The van der Waals surface area contributed by atoms with Crippen molar-refractivity contribution >= 4 is 0 Å². The summed E-state index contributed by atoms with van der Waals surface area (Å²) in [5.74, 6) is 0.630. The van der Waals surface area contributed by atoms with E-state index in [1.165, 1.54) is 6.42 Å². The highest BCUT2D eigenvalue weighted by atomic mass is 16.3. The van der Waals surface area contributed by atoms with E-state index in [4.69, 9.17) is 5.11 Å². The van der Waals surface area contributed by atoms with Crippen molar-refractivity contribution in [2.75, 3.05) is 13.2 Å². The predicted octanol–water partition coefficient (Wildman–Crippen LogP) is 0.627. The number of likely N-dealkylation sites (N-methyl/N-ethyl adjacent to an activating group) is 1. The van der Waals surface area contributed by atoms with Crippen LogP contribution >= 0.6 is 0 Å². The van der Waals surface area contributed by atoms with Gasteiger partial charge in [-0.2, -0.15) is 0 Å². The molecule has 2 nitrogen and oxygen atoms in total. The summed E-state index contributed by atoms with van der Waals surface area (Å²) in [5.41, 5.74) is 0. The fourth-order valence-corrected chi connectivity index (χ4v) is 2.44. The average molecular weight is 153 g/mol. The molecule has 62 valence electrons. The van der Waals surface area contributed by atoms with Crippen LogP contribution in [0.15, 0.2) is 12.2 Å². The molecule has 3 atom stereocenters. The third kappa shape index (κ3) is 0.932. The number of hydrogen-bond donors (Lipinski definition) is 1. The molecular formula is C9H15NO. The lowest BCUT2D eigenvalue weighted by Crippen LogP contribution is -2.40. The van der Waals surface area contributed by atoms with E-state index in [0.717, 1.165) is 6.54 Å². The second-order valence-electron chi connectivity index (χ2n) is 3.43. The lowest BCUT2D eigenvalue weighted by atomic mass is 10.0. The minimum absolute atomic E-state index is 0.319. The van der Waals surface area contributed by atoms with E-state index in [9.17, 15) is 0 Å². The van der Waals surface area contributed by atoms with Crippen LogP contribution in [0, 0.1) is 5.92 Å². The number of likely N-dealkylation sites (tertiary alicyclic amines) is 1. The van der Waals surface area contributed by atoms with Gasteiger partial charge in [0, 0.05) is 12.1 Å². The van der Waals surface area contributed by atoms with Crippen molar-refractivity contribution in [1.29, 1.82) is 0 Å². The van der Waals surface area contributed by atoms with E-state index in [0.29, 0.717) is 24.6 Å². The van der Waals surface area contributed by atoms with Crippen molar-refractivity contribution in [2.45, 2.75) is 25.4 Å². The van der Waals surface area contributed by atoms with Crippen LogP contribution in [0.4, 0.5) is 0 Å². The van der Waals surface area contributed by atoms with Gasteiger partial charge in [-0.1, -0.05) is 19.1 Å². The lowest BCUT2D eigenvalue weighted by Gasteiger charge is -2.29. The van der Waals surface area contributed by atoms with Crippen molar-refractivity contribution in [1.82, 2.24) is 4.90 Å². The van der Waals surface area contributed by atoms with Gasteiger partial charge < -0.3 is 5.11 Å². The van der Waals surface area contributed by atoms with E-state index < -0.39 is 0 Å². The van der Waals surface area contributed by atoms with Crippen LogP contribution in [0.2, 0.25) is 0 Å². The molecule has 0 amide bonds. The average Bonchev–Trinajstić information content (AvgIpc) is 2.60. The minimum Gasteiger partial charge on any atom is -0.395 e. The summed E-state index contributed by atoms with van der Waals surface area (Å²) >= 11 is 0. The van der Waals surface area contributed by atoms with Gasteiger partial charge in [0.25, 0.3) is 0 Å². The molecule has 1 unspecified atom stereocenters. The first-order chi connectivity index (χ1) is 5.36. The number of fused-ring (bicyclic) bond motifs is 2. The Bertz CT molecular complexity index is 160. The van der Waals surface area contributed by atoms with Gasteiger partial charge in [-0.25, -0.2) is 0 Å². The molecule has 1 fully saturated rings. The third-order valence-corrected chi connectivity index (χ3v) is 2.99. The molecule has 1 N–H and O–H groups in total. The molecule has 1 aliphatic carbocycles. The molecule has 0 radical (unpaired) electrons. The largest absolute Gasteiger partial charge is 0.395 e. The molecule has 2 rings (SSSR count). The number of nitrogens with zero attached hydrogens (tertiary/aromatic N) is 1. The second-order valence-corrected chi connectivity index (χ2v) is 3.43. The Hall–Kier alpha value is -0.340. The van der Waals surface area contributed by atoms with Gasteiger partial charge in [-0.05, 0) is 18.9 Å². The highest BCUT2D eigenvalue weighted by Crippen LogP contribution is 2.36. The smallest absolute Gasteiger partial charge is 0.0592 e. The third-order valence-electron chi connectivity index (χ3n) is 2.99. The highest BCUT2D eigenvalue weighted by molar-refractivity contribution is 5.16. The van der Waals surface area contributed by atoms with Crippen molar-refractivity contribution in [3.63, 3.8) is 0 Å². The summed E-state index contributed by atoms with van der Waals surface area (Å²) in [4.78, 5) is 2.39. The Morgan fingerprint density at radius 3 is 2.91 bits per heavy atom. The van der Waals surface area contributed by atoms with Gasteiger partial charge in [0.2, 0.25) is 0 Å². The molecule has 0 saturated carbocycles. The van der Waals surface area contributed by atoms with E-state index >= 15 is 0 Å². The van der Waals surface area contributed by atoms with Crippen molar-refractivity contribution in [2.24, 2.45) is 5.92 Å². The van der Waals surface area contributed by atoms with E-state index in [-0.39, 0.29) is 0 Å². The Kier molecular flexibility index (Phi) is 1.74. The van der Waals surface area contributed by atoms with Gasteiger partial charge in [-0.15, -0.1) is 0 Å². The van der Waals surface area contributed by atoms with Crippen LogP contribution in [0.3, 0.4) is 0 Å². The number of aliphatic hydroxyl groups is 1. The zero-order chi connectivity index (χ0) is 7.84. The number of hydrogen-bond acceptors (Lipinski definition) is 2. The van der Waals surface area contributed by atoms with E-state index in [2.05, 4.69) is 24.0 Å². The van der Waals surface area contributed by atoms with Gasteiger partial charge in [0.15, 0.2) is 0 Å². The number of rotatable bonds is 2. The number of aliphatic hydroxyl groups excluding tert-OH is 1. The first kappa shape index (κ1) is 7.32. The molecule has 1 heterocycles. The Balaban J connectivity index is 2.15. The van der Waals surface area contributed by atoms with Gasteiger partial charge in [-0.3, -0.25) is 4.90 Å². The highest BCUT2D eigenvalue weighted by Gasteiger charge is 2.40. The molecule has 0 aromatic heterocycles. The van der Waals surface area contributed by atoms with Crippen LogP contribution in [0.25, 0.3) is 0 Å². The predicted molar refractivity (Wildman–Crippen MR) is 44.3 cm³/mol. The maximum Gasteiger partial charge on any atom is 0.0592 e. The molecule has 2 bridgehead atoms. The summed E-state index contributed by atoms with van der Waals surface area (Å²) in [5, 5.41) is 9.11. The van der Waals surface area contributed by atoms with Crippen LogP contribution in [-0.2, 0) is 0 Å². The maximum atomic E-state index is 9.11. The van der Waals surface area contributed by atoms with Crippen LogP contribution in [-0.4, -0.2) is 35.2 Å². The van der Waals surface area contributed by atoms with Crippen LogP contribution in [0.1, 0.15) is 13.3 Å². The van der Waals surface area contributed by atoms with Crippen LogP contribution in [0.5, 0.6) is 0 Å². The quantitative estimate of drug-likeness (QED) is 0.588. The molecule has 1 aliphatic heterocycles. The lowest BCUT2D eigenvalue weighted by molar-refractivity contribution is 0.130. The topological polar surface area (TPSA) is 23.5 Å². The summed E-state index contributed by atoms with van der Waals surface area (Å²) in [7, 11) is 0. The Morgan fingerprint density at radius 2 is 2.36 bits per heavy atom. The molecule has 0 aromatic rings. The van der Waals surface area contributed by atoms with Crippen molar-refractivity contribution in [3.05, 3.63) is 12.2 Å². The fourth-order valence-electron chi connectivity index (χ4n) is 2.44. The standard InChI is InChI=1S/C9H15NO/c1-2-10-8-4-3-7(5-8)9(10)6-11/h3-4,7-9,11H,2,5-6H2,1H3/t7-,8+,9?/m0/s1. The first-order valence-electron chi connectivity index (χ1n) is 4.41. The van der Waals surface area contributed by atoms with Crippen LogP contribution < -0.4 is 0 Å². The monoisotopic (exact) mass is 153 g/mol. The second kappa shape index (κ2) is 2.61. The summed E-state index contributed by atoms with van der Waals surface area (Å²) in [6.07, 6.45) is 5.77. The maximum absolute atomic E-state index is 9.11. The molecule has 2 heteroatoms. The fraction of sp³-hybridized carbons (Fsp3) is 0.778. The van der Waals surface area contributed by atoms with E-state index in [1.54, 1.807) is 0 Å². The zero-order valence-electron chi connectivity index (χ0n) is 6.90. The zero-order valence-corrected chi connectivity index (χ0v) is 6.90. The molecule has 2 aliphatic rings. The minimum atomic E-state index is 0.319. The first-order valence-corrected chi connectivity index (χ1v) is 4.41. The van der Waals surface area contributed by atoms with Gasteiger partial charge in [0.05, 0.1) is 6.61 Å². The van der Waals surface area contributed by atoms with Crippen molar-refractivity contribution in [3.8, 4) is 0 Å². The summed E-state index contributed by atoms with van der Waals surface area (Å²) in [6, 6.07) is 1.04. The molecule has 1 saturated heterocycles. The SMILES string of the molecule is CCN1C(CO)[C@H]2C=C[C@@H]1C2. The van der Waals surface area contributed by atoms with E-state index in [1.807, 2.05) is 0 Å². The molecule has 0 aromatic carbocycles. The van der Waals surface area contributed by atoms with Crippen molar-refractivity contribution < 1.29 is 5.11 Å². The summed E-state index contributed by atoms with van der Waals surface area (Å²) in [6.45, 7) is 3.55. The Labute approximate surface area is 67.5 Å². The molecule has 11 heavy (non-hydrogen) atoms.